The van der Waals surface area contributed by atoms with Crippen molar-refractivity contribution in [3.05, 3.63) is 94.3 Å². The molecule has 0 unspecified atom stereocenters. The van der Waals surface area contributed by atoms with Crippen LogP contribution in [0.5, 0.6) is 0 Å². The molecule has 1 heterocycles. The van der Waals surface area contributed by atoms with E-state index in [1.54, 1.807) is 4.68 Å². The van der Waals surface area contributed by atoms with Gasteiger partial charge in [-0.2, -0.15) is 0 Å². The van der Waals surface area contributed by atoms with Crippen LogP contribution in [-0.4, -0.2) is 20.7 Å². The van der Waals surface area contributed by atoms with Gasteiger partial charge in [-0.1, -0.05) is 48.0 Å². The van der Waals surface area contributed by atoms with E-state index in [0.717, 1.165) is 44.8 Å². The fraction of sp³-hybridized carbons (Fsp3) is 0.192. The number of carbonyl (C=O) groups excluding carboxylic acids is 1. The van der Waals surface area contributed by atoms with E-state index in [1.165, 1.54) is 0 Å². The summed E-state index contributed by atoms with van der Waals surface area (Å²) in [7, 11) is 0. The molecule has 0 aliphatic rings. The van der Waals surface area contributed by atoms with Gasteiger partial charge in [-0.3, -0.25) is 4.79 Å². The number of aromatic nitrogens is 3. The first-order chi connectivity index (χ1) is 14.8. The molecule has 1 aromatic heterocycles. The number of carbonyl (C=O) groups is 1. The standard InChI is InChI=1S/C26H26N4O/c1-16-7-6-8-21(13-16)25-28-24(26(31)27-22-14-17(2)9-11-19(22)4)29-30(25)23-15-18(3)10-12-20(23)5/h6-15H,1-5H3,(H,27,31). The lowest BCUT2D eigenvalue weighted by Gasteiger charge is -2.10. The van der Waals surface area contributed by atoms with Gasteiger partial charge < -0.3 is 5.32 Å². The number of rotatable bonds is 4. The molecule has 0 saturated carbocycles. The van der Waals surface area contributed by atoms with Crippen LogP contribution in [0.15, 0.2) is 60.7 Å². The molecule has 1 amide bonds. The number of amides is 1. The topological polar surface area (TPSA) is 59.8 Å². The SMILES string of the molecule is Cc1cccc(-c2nc(C(=O)Nc3cc(C)ccc3C)nn2-c2cc(C)ccc2C)c1. The summed E-state index contributed by atoms with van der Waals surface area (Å²) in [5, 5.41) is 7.60. The van der Waals surface area contributed by atoms with Crippen LogP contribution < -0.4 is 5.32 Å². The molecule has 5 heteroatoms. The molecule has 4 aromatic rings. The van der Waals surface area contributed by atoms with Crippen LogP contribution in [0.2, 0.25) is 0 Å². The maximum Gasteiger partial charge on any atom is 0.295 e. The molecule has 5 nitrogen and oxygen atoms in total. The van der Waals surface area contributed by atoms with Gasteiger partial charge in [0.25, 0.3) is 5.91 Å². The minimum atomic E-state index is -0.327. The third-order valence-corrected chi connectivity index (χ3v) is 5.32. The van der Waals surface area contributed by atoms with Gasteiger partial charge in [-0.15, -0.1) is 5.10 Å². The summed E-state index contributed by atoms with van der Waals surface area (Å²) >= 11 is 0. The molecule has 31 heavy (non-hydrogen) atoms. The Balaban J connectivity index is 1.82. The van der Waals surface area contributed by atoms with E-state index in [4.69, 9.17) is 0 Å². The zero-order valence-corrected chi connectivity index (χ0v) is 18.5. The highest BCUT2D eigenvalue weighted by atomic mass is 16.2. The molecule has 0 saturated heterocycles. The Bertz CT molecular complexity index is 1290. The summed E-state index contributed by atoms with van der Waals surface area (Å²) in [6.45, 7) is 10.1. The van der Waals surface area contributed by atoms with Crippen molar-refractivity contribution < 1.29 is 4.79 Å². The number of hydrogen-bond acceptors (Lipinski definition) is 3. The zero-order chi connectivity index (χ0) is 22.1. The molecular weight excluding hydrogens is 384 g/mol. The summed E-state index contributed by atoms with van der Waals surface area (Å²) in [6.07, 6.45) is 0. The molecule has 0 fully saturated rings. The predicted octanol–water partition coefficient (Wildman–Crippen LogP) is 5.73. The largest absolute Gasteiger partial charge is 0.319 e. The van der Waals surface area contributed by atoms with Crippen LogP contribution in [0.25, 0.3) is 17.1 Å². The third kappa shape index (κ3) is 4.26. The zero-order valence-electron chi connectivity index (χ0n) is 18.5. The van der Waals surface area contributed by atoms with Crippen LogP contribution in [0.1, 0.15) is 38.4 Å². The van der Waals surface area contributed by atoms with E-state index in [-0.39, 0.29) is 11.7 Å². The normalized spacial score (nSPS) is 10.9. The van der Waals surface area contributed by atoms with Crippen molar-refractivity contribution in [1.29, 1.82) is 0 Å². The molecule has 156 valence electrons. The summed E-state index contributed by atoms with van der Waals surface area (Å²) in [5.74, 6) is 0.452. The van der Waals surface area contributed by atoms with Gasteiger partial charge in [0.05, 0.1) is 5.69 Å². The van der Waals surface area contributed by atoms with E-state index in [1.807, 2.05) is 71.0 Å². The number of hydrogen-bond donors (Lipinski definition) is 1. The Kier molecular flexibility index (Phi) is 5.42. The second kappa shape index (κ2) is 8.19. The second-order valence-corrected chi connectivity index (χ2v) is 8.10. The van der Waals surface area contributed by atoms with Crippen LogP contribution in [-0.2, 0) is 0 Å². The summed E-state index contributed by atoms with van der Waals surface area (Å²) in [4.78, 5) is 17.7. The maximum atomic E-state index is 13.1. The summed E-state index contributed by atoms with van der Waals surface area (Å²) in [5.41, 5.74) is 7.97. The number of anilines is 1. The average molecular weight is 411 g/mol. The van der Waals surface area contributed by atoms with Gasteiger partial charge in [0.1, 0.15) is 0 Å². The van der Waals surface area contributed by atoms with Crippen LogP contribution in [0, 0.1) is 34.6 Å². The highest BCUT2D eigenvalue weighted by molar-refractivity contribution is 6.02. The Morgan fingerprint density at radius 3 is 2.23 bits per heavy atom. The van der Waals surface area contributed by atoms with E-state index in [0.29, 0.717) is 5.82 Å². The van der Waals surface area contributed by atoms with Gasteiger partial charge >= 0.3 is 0 Å². The molecule has 0 spiro atoms. The van der Waals surface area contributed by atoms with Crippen molar-refractivity contribution in [2.75, 3.05) is 5.32 Å². The van der Waals surface area contributed by atoms with E-state index < -0.39 is 0 Å². The Labute approximate surface area is 182 Å². The highest BCUT2D eigenvalue weighted by Gasteiger charge is 2.20. The minimum Gasteiger partial charge on any atom is -0.319 e. The van der Waals surface area contributed by atoms with Gasteiger partial charge in [-0.05, 0) is 75.1 Å². The maximum absolute atomic E-state index is 13.1. The highest BCUT2D eigenvalue weighted by Crippen LogP contribution is 2.25. The van der Waals surface area contributed by atoms with Gasteiger partial charge in [-0.25, -0.2) is 9.67 Å². The number of benzene rings is 3. The predicted molar refractivity (Wildman–Crippen MR) is 125 cm³/mol. The Morgan fingerprint density at radius 2 is 1.48 bits per heavy atom. The first-order valence-corrected chi connectivity index (χ1v) is 10.3. The molecular formula is C26H26N4O. The lowest BCUT2D eigenvalue weighted by atomic mass is 10.1. The fourth-order valence-electron chi connectivity index (χ4n) is 3.54. The van der Waals surface area contributed by atoms with E-state index in [2.05, 4.69) is 39.7 Å². The molecule has 1 N–H and O–H groups in total. The summed E-state index contributed by atoms with van der Waals surface area (Å²) in [6, 6.07) is 20.2. The Morgan fingerprint density at radius 1 is 0.806 bits per heavy atom. The van der Waals surface area contributed by atoms with Crippen molar-refractivity contribution in [2.24, 2.45) is 0 Å². The third-order valence-electron chi connectivity index (χ3n) is 5.32. The van der Waals surface area contributed by atoms with Crippen LogP contribution in [0.4, 0.5) is 5.69 Å². The number of aryl methyl sites for hydroxylation is 5. The molecule has 0 radical (unpaired) electrons. The lowest BCUT2D eigenvalue weighted by molar-refractivity contribution is 0.101. The average Bonchev–Trinajstić information content (AvgIpc) is 3.18. The molecule has 0 aliphatic carbocycles. The minimum absolute atomic E-state index is 0.137. The van der Waals surface area contributed by atoms with E-state index in [9.17, 15) is 4.79 Å². The van der Waals surface area contributed by atoms with Crippen LogP contribution >= 0.6 is 0 Å². The Hall–Kier alpha value is -3.73. The van der Waals surface area contributed by atoms with Gasteiger partial charge in [0, 0.05) is 11.3 Å². The lowest BCUT2D eigenvalue weighted by Crippen LogP contribution is -2.15. The first-order valence-electron chi connectivity index (χ1n) is 10.3. The number of nitrogens with one attached hydrogen (secondary N) is 1. The van der Waals surface area contributed by atoms with Crippen molar-refractivity contribution in [2.45, 2.75) is 34.6 Å². The van der Waals surface area contributed by atoms with E-state index >= 15 is 0 Å². The molecule has 4 rings (SSSR count). The van der Waals surface area contributed by atoms with Crippen molar-refractivity contribution in [3.63, 3.8) is 0 Å². The first kappa shape index (κ1) is 20.5. The van der Waals surface area contributed by atoms with Crippen LogP contribution in [0.3, 0.4) is 0 Å². The van der Waals surface area contributed by atoms with Gasteiger partial charge in [0.2, 0.25) is 5.82 Å². The van der Waals surface area contributed by atoms with Crippen molar-refractivity contribution >= 4 is 11.6 Å². The molecule has 0 atom stereocenters. The summed E-state index contributed by atoms with van der Waals surface area (Å²) < 4.78 is 1.77. The van der Waals surface area contributed by atoms with Crippen molar-refractivity contribution in [1.82, 2.24) is 14.8 Å². The number of nitrogens with zero attached hydrogens (tertiary/aromatic N) is 3. The van der Waals surface area contributed by atoms with Gasteiger partial charge in [0.15, 0.2) is 5.82 Å². The monoisotopic (exact) mass is 410 g/mol. The molecule has 3 aromatic carbocycles. The second-order valence-electron chi connectivity index (χ2n) is 8.10. The smallest absolute Gasteiger partial charge is 0.295 e. The fourth-order valence-corrected chi connectivity index (χ4v) is 3.54. The van der Waals surface area contributed by atoms with Crippen molar-refractivity contribution in [3.8, 4) is 17.1 Å². The molecule has 0 bridgehead atoms. The quantitative estimate of drug-likeness (QED) is 0.467. The molecule has 0 aliphatic heterocycles.